The van der Waals surface area contributed by atoms with Crippen molar-refractivity contribution < 1.29 is 17.9 Å². The molecule has 0 aliphatic rings. The van der Waals surface area contributed by atoms with Crippen molar-refractivity contribution in [2.75, 3.05) is 6.61 Å². The number of fused-ring (bicyclic) bond motifs is 1. The maximum atomic E-state index is 12.9. The van der Waals surface area contributed by atoms with Crippen molar-refractivity contribution in [3.8, 4) is 0 Å². The minimum atomic E-state index is -4.59. The molecule has 2 aromatic rings. The Morgan fingerprint density at radius 2 is 2.05 bits per heavy atom. The van der Waals surface area contributed by atoms with Crippen LogP contribution in [0.15, 0.2) is 17.2 Å². The van der Waals surface area contributed by atoms with Crippen molar-refractivity contribution in [1.82, 2.24) is 14.8 Å². The first kappa shape index (κ1) is 16.8. The number of hydrogen-bond acceptors (Lipinski definition) is 3. The number of ether oxygens (including phenoxy) is 1. The van der Waals surface area contributed by atoms with E-state index < -0.39 is 30.8 Å². The quantitative estimate of drug-likeness (QED) is 0.676. The van der Waals surface area contributed by atoms with E-state index in [0.717, 1.165) is 16.9 Å². The number of halogens is 3. The summed E-state index contributed by atoms with van der Waals surface area (Å²) in [4.78, 5) is 14.6. The van der Waals surface area contributed by atoms with E-state index in [1.54, 1.807) is 0 Å². The molecule has 2 heterocycles. The lowest BCUT2D eigenvalue weighted by Crippen LogP contribution is -2.27. The molecule has 0 aliphatic carbocycles. The number of nitrogens with zero attached hydrogens (tertiary/aromatic N) is 2. The van der Waals surface area contributed by atoms with Crippen LogP contribution in [0.2, 0.25) is 25.7 Å². The van der Waals surface area contributed by atoms with Gasteiger partial charge in [0.2, 0.25) is 0 Å². The van der Waals surface area contributed by atoms with Gasteiger partial charge < -0.3 is 9.72 Å². The van der Waals surface area contributed by atoms with Gasteiger partial charge in [0.1, 0.15) is 6.73 Å². The van der Waals surface area contributed by atoms with Crippen LogP contribution in [-0.2, 0) is 17.6 Å². The van der Waals surface area contributed by atoms with Gasteiger partial charge in [0, 0.05) is 20.9 Å². The summed E-state index contributed by atoms with van der Waals surface area (Å²) < 4.78 is 44.9. The highest BCUT2D eigenvalue weighted by Gasteiger charge is 2.35. The van der Waals surface area contributed by atoms with Crippen LogP contribution in [0, 0.1) is 0 Å². The number of aromatic amines is 1. The van der Waals surface area contributed by atoms with Crippen molar-refractivity contribution >= 4 is 19.0 Å². The fourth-order valence-electron chi connectivity index (χ4n) is 1.93. The highest BCUT2D eigenvalue weighted by atomic mass is 28.3. The third kappa shape index (κ3) is 3.77. The van der Waals surface area contributed by atoms with E-state index in [0.29, 0.717) is 6.61 Å². The van der Waals surface area contributed by atoms with Gasteiger partial charge >= 0.3 is 6.18 Å². The van der Waals surface area contributed by atoms with Crippen LogP contribution in [0.25, 0.3) is 10.9 Å². The molecule has 0 radical (unpaired) electrons. The Morgan fingerprint density at radius 3 is 2.64 bits per heavy atom. The van der Waals surface area contributed by atoms with Crippen molar-refractivity contribution in [2.45, 2.75) is 38.6 Å². The number of alkyl halides is 3. The Hall–Kier alpha value is -1.61. The summed E-state index contributed by atoms with van der Waals surface area (Å²) in [5.74, 6) is 0. The second-order valence-electron chi connectivity index (χ2n) is 6.29. The lowest BCUT2D eigenvalue weighted by Gasteiger charge is -2.15. The summed E-state index contributed by atoms with van der Waals surface area (Å²) in [7, 11) is -1.26. The predicted molar refractivity (Wildman–Crippen MR) is 79.5 cm³/mol. The molecule has 9 heteroatoms. The molecule has 22 heavy (non-hydrogen) atoms. The van der Waals surface area contributed by atoms with Gasteiger partial charge in [-0.3, -0.25) is 4.79 Å². The molecule has 1 N–H and O–H groups in total. The average molecular weight is 333 g/mol. The fraction of sp³-hybridized carbons (Fsp3) is 0.538. The number of nitrogens with one attached hydrogen (secondary N) is 1. The van der Waals surface area contributed by atoms with E-state index in [1.807, 2.05) is 0 Å². The van der Waals surface area contributed by atoms with Crippen molar-refractivity contribution in [2.24, 2.45) is 0 Å². The summed E-state index contributed by atoms with van der Waals surface area (Å²) in [6.07, 6.45) is -2.60. The molecule has 0 aliphatic heterocycles. The van der Waals surface area contributed by atoms with Gasteiger partial charge in [0.25, 0.3) is 5.56 Å². The molecule has 2 rings (SSSR count). The summed E-state index contributed by atoms with van der Waals surface area (Å²) in [5.41, 5.74) is -1.72. The molecule has 0 aromatic carbocycles. The van der Waals surface area contributed by atoms with Gasteiger partial charge in [-0.15, -0.1) is 0 Å². The summed E-state index contributed by atoms with van der Waals surface area (Å²) in [6.45, 7) is 6.86. The van der Waals surface area contributed by atoms with Gasteiger partial charge in [-0.2, -0.15) is 18.3 Å². The third-order valence-corrected chi connectivity index (χ3v) is 4.90. The zero-order valence-corrected chi connectivity index (χ0v) is 13.6. The van der Waals surface area contributed by atoms with Crippen molar-refractivity contribution in [3.05, 3.63) is 28.3 Å². The molecule has 0 unspecified atom stereocenters. The number of hydrogen-bond donors (Lipinski definition) is 1. The van der Waals surface area contributed by atoms with Gasteiger partial charge in [-0.25, -0.2) is 4.68 Å². The zero-order valence-electron chi connectivity index (χ0n) is 12.6. The Labute approximate surface area is 126 Å². The summed E-state index contributed by atoms with van der Waals surface area (Å²) in [6, 6.07) is 0.905. The Kier molecular flexibility index (Phi) is 4.48. The second-order valence-corrected chi connectivity index (χ2v) is 11.9. The lowest BCUT2D eigenvalue weighted by molar-refractivity contribution is -0.136. The van der Waals surface area contributed by atoms with Crippen LogP contribution in [0.3, 0.4) is 0 Å². The van der Waals surface area contributed by atoms with E-state index >= 15 is 0 Å². The van der Waals surface area contributed by atoms with E-state index in [4.69, 9.17) is 4.74 Å². The highest BCUT2D eigenvalue weighted by Crippen LogP contribution is 2.32. The molecule has 0 bridgehead atoms. The van der Waals surface area contributed by atoms with Crippen LogP contribution in [-0.4, -0.2) is 29.4 Å². The van der Waals surface area contributed by atoms with Gasteiger partial charge in [-0.05, 0) is 6.04 Å². The highest BCUT2D eigenvalue weighted by molar-refractivity contribution is 6.76. The lowest BCUT2D eigenvalue weighted by atomic mass is 10.2. The van der Waals surface area contributed by atoms with E-state index in [9.17, 15) is 18.0 Å². The summed E-state index contributed by atoms with van der Waals surface area (Å²) >= 11 is 0. The zero-order chi connectivity index (χ0) is 16.5. The average Bonchev–Trinajstić information content (AvgIpc) is 2.80. The standard InChI is InChI=1S/C13H18F3N3O2Si/c1-22(2,3)5-4-21-8-19-12(20)11-9(13(14,15)16)6-17-10(11)7-18-19/h6-7,17H,4-5,8H2,1-3H3. The minimum Gasteiger partial charge on any atom is -0.359 e. The molecule has 0 amide bonds. The molecule has 5 nitrogen and oxygen atoms in total. The first-order valence-electron chi connectivity index (χ1n) is 6.82. The SMILES string of the molecule is C[Si](C)(C)CCOCn1ncc2[nH]cc(C(F)(F)F)c2c1=O. The Balaban J connectivity index is 2.22. The predicted octanol–water partition coefficient (Wildman–Crippen LogP) is 3.06. The van der Waals surface area contributed by atoms with E-state index in [1.165, 1.54) is 6.20 Å². The van der Waals surface area contributed by atoms with Crippen molar-refractivity contribution in [1.29, 1.82) is 0 Å². The Morgan fingerprint density at radius 1 is 1.36 bits per heavy atom. The maximum Gasteiger partial charge on any atom is 0.418 e. The molecule has 0 saturated carbocycles. The van der Waals surface area contributed by atoms with Gasteiger partial charge in [-0.1, -0.05) is 19.6 Å². The monoisotopic (exact) mass is 333 g/mol. The minimum absolute atomic E-state index is 0.0654. The normalized spacial score (nSPS) is 13.0. The van der Waals surface area contributed by atoms with Gasteiger partial charge in [0.05, 0.1) is 22.7 Å². The van der Waals surface area contributed by atoms with Crippen LogP contribution >= 0.6 is 0 Å². The van der Waals surface area contributed by atoms with E-state index in [-0.39, 0.29) is 12.2 Å². The molecule has 122 valence electrons. The molecular weight excluding hydrogens is 315 g/mol. The van der Waals surface area contributed by atoms with Crippen LogP contribution < -0.4 is 5.56 Å². The molecule has 2 aromatic heterocycles. The maximum absolute atomic E-state index is 12.9. The van der Waals surface area contributed by atoms with Crippen LogP contribution in [0.4, 0.5) is 13.2 Å². The summed E-state index contributed by atoms with van der Waals surface area (Å²) in [5, 5.41) is 3.42. The molecule has 0 spiro atoms. The number of aromatic nitrogens is 3. The first-order valence-corrected chi connectivity index (χ1v) is 10.5. The molecule has 0 saturated heterocycles. The van der Waals surface area contributed by atoms with Crippen LogP contribution in [0.1, 0.15) is 5.56 Å². The fourth-order valence-corrected chi connectivity index (χ4v) is 2.68. The number of rotatable bonds is 5. The smallest absolute Gasteiger partial charge is 0.359 e. The second kappa shape index (κ2) is 5.88. The molecule has 0 atom stereocenters. The largest absolute Gasteiger partial charge is 0.418 e. The molecular formula is C13H18F3N3O2Si. The molecule has 0 fully saturated rings. The van der Waals surface area contributed by atoms with E-state index in [2.05, 4.69) is 29.7 Å². The third-order valence-electron chi connectivity index (χ3n) is 3.20. The first-order chi connectivity index (χ1) is 10.1. The number of H-pyrrole nitrogens is 1. The topological polar surface area (TPSA) is 59.9 Å². The van der Waals surface area contributed by atoms with Crippen LogP contribution in [0.5, 0.6) is 0 Å². The van der Waals surface area contributed by atoms with Crippen molar-refractivity contribution in [3.63, 3.8) is 0 Å². The van der Waals surface area contributed by atoms with Gasteiger partial charge in [0.15, 0.2) is 0 Å². The Bertz CT molecular complexity index is 716.